The first kappa shape index (κ1) is 13.5. The number of nitrogen functional groups attached to an aromatic ring is 1. The summed E-state index contributed by atoms with van der Waals surface area (Å²) in [6.45, 7) is 3.49. The van der Waals surface area contributed by atoms with E-state index in [1.807, 2.05) is 42.5 Å². The summed E-state index contributed by atoms with van der Waals surface area (Å²) >= 11 is 0. The van der Waals surface area contributed by atoms with Gasteiger partial charge in [-0.25, -0.2) is 4.98 Å². The number of hydrogen-bond acceptors (Lipinski definition) is 3. The second-order valence-corrected chi connectivity index (χ2v) is 4.94. The van der Waals surface area contributed by atoms with E-state index in [1.54, 1.807) is 0 Å². The number of nitrogens with two attached hydrogens (primary N) is 1. The third-order valence-corrected chi connectivity index (χ3v) is 3.49. The van der Waals surface area contributed by atoms with Crippen LogP contribution < -0.4 is 10.5 Å². The molecule has 0 amide bonds. The first-order valence-electron chi connectivity index (χ1n) is 7.20. The Bertz CT molecular complexity index is 749. The zero-order chi connectivity index (χ0) is 14.7. The van der Waals surface area contributed by atoms with Crippen molar-refractivity contribution in [2.75, 3.05) is 12.3 Å². The Morgan fingerprint density at radius 1 is 1.14 bits per heavy atom. The van der Waals surface area contributed by atoms with E-state index in [9.17, 15) is 0 Å². The summed E-state index contributed by atoms with van der Waals surface area (Å²) in [5.41, 5.74) is 8.67. The van der Waals surface area contributed by atoms with Crippen LogP contribution in [0.1, 0.15) is 12.7 Å². The van der Waals surface area contributed by atoms with Crippen LogP contribution >= 0.6 is 0 Å². The minimum Gasteiger partial charge on any atom is -0.492 e. The van der Waals surface area contributed by atoms with Gasteiger partial charge in [0.2, 0.25) is 0 Å². The predicted molar refractivity (Wildman–Crippen MR) is 85.5 cm³/mol. The van der Waals surface area contributed by atoms with Crippen LogP contribution in [-0.4, -0.2) is 16.2 Å². The average Bonchev–Trinajstić information content (AvgIpc) is 2.86. The van der Waals surface area contributed by atoms with Crippen LogP contribution in [0.15, 0.2) is 48.5 Å². The normalized spacial score (nSPS) is 10.9. The molecule has 0 radical (unpaired) electrons. The summed E-state index contributed by atoms with van der Waals surface area (Å²) in [5, 5.41) is 0. The first-order chi connectivity index (χ1) is 10.3. The maximum atomic E-state index is 5.78. The number of benzene rings is 2. The zero-order valence-corrected chi connectivity index (χ0v) is 12.1. The molecule has 3 rings (SSSR count). The Hall–Kier alpha value is -2.49. The van der Waals surface area contributed by atoms with E-state index in [4.69, 9.17) is 10.5 Å². The van der Waals surface area contributed by atoms with Crippen molar-refractivity contribution < 1.29 is 4.74 Å². The number of aryl methyl sites for hydroxylation is 1. The Labute approximate surface area is 124 Å². The summed E-state index contributed by atoms with van der Waals surface area (Å²) in [5.74, 6) is 1.89. The van der Waals surface area contributed by atoms with Crippen molar-refractivity contribution in [2.45, 2.75) is 19.9 Å². The monoisotopic (exact) mass is 281 g/mol. The summed E-state index contributed by atoms with van der Waals surface area (Å²) in [6, 6.07) is 15.7. The number of anilines is 1. The van der Waals surface area contributed by atoms with Crippen molar-refractivity contribution in [3.05, 3.63) is 54.4 Å². The molecule has 4 nitrogen and oxygen atoms in total. The van der Waals surface area contributed by atoms with Gasteiger partial charge in [-0.2, -0.15) is 0 Å². The van der Waals surface area contributed by atoms with E-state index >= 15 is 0 Å². The summed E-state index contributed by atoms with van der Waals surface area (Å²) in [6.07, 6.45) is 0.910. The smallest absolute Gasteiger partial charge is 0.121 e. The molecule has 1 heterocycles. The van der Waals surface area contributed by atoms with Crippen LogP contribution in [0, 0.1) is 0 Å². The average molecular weight is 281 g/mol. The molecule has 0 bridgehead atoms. The molecular formula is C17H19N3O. The third kappa shape index (κ3) is 2.84. The van der Waals surface area contributed by atoms with Gasteiger partial charge in [0.15, 0.2) is 0 Å². The predicted octanol–water partition coefficient (Wildman–Crippen LogP) is 3.26. The Morgan fingerprint density at radius 2 is 2.00 bits per heavy atom. The molecule has 0 fully saturated rings. The number of aromatic nitrogens is 2. The topological polar surface area (TPSA) is 53.1 Å². The molecular weight excluding hydrogens is 262 g/mol. The Morgan fingerprint density at radius 3 is 2.81 bits per heavy atom. The summed E-state index contributed by atoms with van der Waals surface area (Å²) in [4.78, 5) is 4.66. The van der Waals surface area contributed by atoms with E-state index < -0.39 is 0 Å². The van der Waals surface area contributed by atoms with Gasteiger partial charge in [0.05, 0.1) is 17.6 Å². The summed E-state index contributed by atoms with van der Waals surface area (Å²) < 4.78 is 8.00. The fraction of sp³-hybridized carbons (Fsp3) is 0.235. The molecule has 3 aromatic rings. The van der Waals surface area contributed by atoms with Gasteiger partial charge >= 0.3 is 0 Å². The van der Waals surface area contributed by atoms with Crippen molar-refractivity contribution in [1.82, 2.24) is 9.55 Å². The highest BCUT2D eigenvalue weighted by molar-refractivity contribution is 5.75. The number of imidazole rings is 1. The molecule has 0 saturated carbocycles. The van der Waals surface area contributed by atoms with Gasteiger partial charge in [-0.1, -0.05) is 25.1 Å². The standard InChI is InChI=1S/C17H19N3O/c1-2-17-19-15-8-3-4-9-16(15)20(17)10-11-21-14-7-5-6-13(18)12-14/h3-9,12H,2,10-11,18H2,1H3. The molecule has 0 saturated heterocycles. The van der Waals surface area contributed by atoms with Crippen LogP contribution in [0.25, 0.3) is 11.0 Å². The molecule has 0 aliphatic heterocycles. The molecule has 0 aliphatic rings. The Kier molecular flexibility index (Phi) is 3.77. The van der Waals surface area contributed by atoms with Crippen molar-refractivity contribution >= 4 is 16.7 Å². The van der Waals surface area contributed by atoms with Gasteiger partial charge in [-0.3, -0.25) is 0 Å². The van der Waals surface area contributed by atoms with Crippen molar-refractivity contribution in [3.63, 3.8) is 0 Å². The molecule has 2 aromatic carbocycles. The number of fused-ring (bicyclic) bond motifs is 1. The second-order valence-electron chi connectivity index (χ2n) is 4.94. The van der Waals surface area contributed by atoms with Crippen molar-refractivity contribution in [2.24, 2.45) is 0 Å². The Balaban J connectivity index is 1.75. The number of para-hydroxylation sites is 2. The molecule has 2 N–H and O–H groups in total. The van der Waals surface area contributed by atoms with Gasteiger partial charge in [-0.05, 0) is 24.3 Å². The number of hydrogen-bond donors (Lipinski definition) is 1. The van der Waals surface area contributed by atoms with Crippen LogP contribution in [0.3, 0.4) is 0 Å². The SMILES string of the molecule is CCc1nc2ccccc2n1CCOc1cccc(N)c1. The van der Waals surface area contributed by atoms with Gasteiger partial charge in [0.25, 0.3) is 0 Å². The van der Waals surface area contributed by atoms with Gasteiger partial charge < -0.3 is 15.0 Å². The van der Waals surface area contributed by atoms with Crippen molar-refractivity contribution in [3.8, 4) is 5.75 Å². The first-order valence-corrected chi connectivity index (χ1v) is 7.20. The highest BCUT2D eigenvalue weighted by Gasteiger charge is 2.08. The number of nitrogens with zero attached hydrogens (tertiary/aromatic N) is 2. The largest absolute Gasteiger partial charge is 0.492 e. The van der Waals surface area contributed by atoms with E-state index in [-0.39, 0.29) is 0 Å². The van der Waals surface area contributed by atoms with Crippen LogP contribution in [-0.2, 0) is 13.0 Å². The molecule has 0 unspecified atom stereocenters. The lowest BCUT2D eigenvalue weighted by molar-refractivity contribution is 0.298. The maximum absolute atomic E-state index is 5.78. The number of rotatable bonds is 5. The van der Waals surface area contributed by atoms with Gasteiger partial charge in [-0.15, -0.1) is 0 Å². The maximum Gasteiger partial charge on any atom is 0.121 e. The molecule has 108 valence electrons. The van der Waals surface area contributed by atoms with E-state index in [0.29, 0.717) is 6.61 Å². The third-order valence-electron chi connectivity index (χ3n) is 3.49. The van der Waals surface area contributed by atoms with E-state index in [0.717, 1.165) is 41.3 Å². The van der Waals surface area contributed by atoms with Gasteiger partial charge in [0.1, 0.15) is 18.2 Å². The van der Waals surface area contributed by atoms with E-state index in [1.165, 1.54) is 0 Å². The lowest BCUT2D eigenvalue weighted by Crippen LogP contribution is -2.10. The minimum atomic E-state index is 0.594. The van der Waals surface area contributed by atoms with Gasteiger partial charge in [0, 0.05) is 18.2 Å². The highest BCUT2D eigenvalue weighted by atomic mass is 16.5. The molecule has 0 spiro atoms. The zero-order valence-electron chi connectivity index (χ0n) is 12.1. The fourth-order valence-electron chi connectivity index (χ4n) is 2.50. The number of ether oxygens (including phenoxy) is 1. The van der Waals surface area contributed by atoms with Crippen LogP contribution in [0.5, 0.6) is 5.75 Å². The summed E-state index contributed by atoms with van der Waals surface area (Å²) in [7, 11) is 0. The van der Waals surface area contributed by atoms with E-state index in [2.05, 4.69) is 22.5 Å². The molecule has 21 heavy (non-hydrogen) atoms. The van der Waals surface area contributed by atoms with Crippen molar-refractivity contribution in [1.29, 1.82) is 0 Å². The van der Waals surface area contributed by atoms with Crippen LogP contribution in [0.2, 0.25) is 0 Å². The lowest BCUT2D eigenvalue weighted by atomic mass is 10.3. The quantitative estimate of drug-likeness (QED) is 0.730. The molecule has 0 atom stereocenters. The molecule has 0 aliphatic carbocycles. The molecule has 1 aromatic heterocycles. The van der Waals surface area contributed by atoms with Crippen LogP contribution in [0.4, 0.5) is 5.69 Å². The molecule has 4 heteroatoms. The second kappa shape index (κ2) is 5.87. The minimum absolute atomic E-state index is 0.594. The lowest BCUT2D eigenvalue weighted by Gasteiger charge is -2.10. The highest BCUT2D eigenvalue weighted by Crippen LogP contribution is 2.18. The fourth-order valence-corrected chi connectivity index (χ4v) is 2.50.